The zero-order valence-corrected chi connectivity index (χ0v) is 17.6. The molecule has 0 aromatic heterocycles. The van der Waals surface area contributed by atoms with Gasteiger partial charge in [-0.25, -0.2) is 0 Å². The number of para-hydroxylation sites is 1. The Labute approximate surface area is 176 Å². The van der Waals surface area contributed by atoms with Gasteiger partial charge in [-0.1, -0.05) is 37.6 Å². The first kappa shape index (κ1) is 21.3. The van der Waals surface area contributed by atoms with Crippen molar-refractivity contribution in [3.05, 3.63) is 53.1 Å². The largest absolute Gasteiger partial charge is 0.320 e. The van der Waals surface area contributed by atoms with Gasteiger partial charge in [0.25, 0.3) is 5.91 Å². The van der Waals surface area contributed by atoms with Crippen LogP contribution in [0.1, 0.15) is 37.0 Å². The van der Waals surface area contributed by atoms with Crippen molar-refractivity contribution in [3.63, 3.8) is 0 Å². The number of amides is 2. The van der Waals surface area contributed by atoms with E-state index in [0.717, 1.165) is 26.1 Å². The molecule has 3 N–H and O–H groups in total. The third-order valence-corrected chi connectivity index (χ3v) is 5.49. The predicted octanol–water partition coefficient (Wildman–Crippen LogP) is 4.02. The number of nitrogens with one attached hydrogen (secondary N) is 1. The molecule has 0 saturated carbocycles. The van der Waals surface area contributed by atoms with Crippen LogP contribution in [0.3, 0.4) is 0 Å². The second-order valence-corrected chi connectivity index (χ2v) is 7.52. The van der Waals surface area contributed by atoms with Crippen molar-refractivity contribution in [2.45, 2.75) is 32.7 Å². The molecular weight excluding hydrogens is 388 g/mol. The number of halogens is 1. The van der Waals surface area contributed by atoms with Crippen LogP contribution in [0.15, 0.2) is 42.5 Å². The summed E-state index contributed by atoms with van der Waals surface area (Å²) in [4.78, 5) is 29.9. The van der Waals surface area contributed by atoms with Gasteiger partial charge in [0.15, 0.2) is 0 Å². The molecule has 1 atom stereocenters. The van der Waals surface area contributed by atoms with E-state index in [1.807, 2.05) is 0 Å². The molecule has 1 aliphatic rings. The molecule has 0 bridgehead atoms. The highest BCUT2D eigenvalue weighted by Gasteiger charge is 2.31. The topological polar surface area (TPSA) is 78.7 Å². The summed E-state index contributed by atoms with van der Waals surface area (Å²) < 4.78 is 0. The zero-order valence-electron chi connectivity index (χ0n) is 16.8. The van der Waals surface area contributed by atoms with E-state index >= 15 is 0 Å². The SMILES string of the molecule is CCN(CC)CCCC(N)C(=O)N1c2ccc(Cl)cc2NC(=O)c2ccccc21. The van der Waals surface area contributed by atoms with Crippen LogP contribution in [0.5, 0.6) is 0 Å². The lowest BCUT2D eigenvalue weighted by Crippen LogP contribution is -2.42. The number of rotatable bonds is 7. The highest BCUT2D eigenvalue weighted by molar-refractivity contribution is 6.31. The fourth-order valence-electron chi connectivity index (χ4n) is 3.58. The molecule has 154 valence electrons. The van der Waals surface area contributed by atoms with Gasteiger partial charge in [0.05, 0.1) is 28.7 Å². The van der Waals surface area contributed by atoms with E-state index in [2.05, 4.69) is 24.1 Å². The molecule has 1 aliphatic heterocycles. The molecule has 2 amide bonds. The number of hydrogen-bond acceptors (Lipinski definition) is 4. The quantitative estimate of drug-likeness (QED) is 0.717. The van der Waals surface area contributed by atoms with Gasteiger partial charge in [0.1, 0.15) is 0 Å². The molecular formula is C22H27ClN4O2. The highest BCUT2D eigenvalue weighted by Crippen LogP contribution is 2.39. The third-order valence-electron chi connectivity index (χ3n) is 5.26. The molecule has 3 rings (SSSR count). The molecule has 0 fully saturated rings. The van der Waals surface area contributed by atoms with E-state index in [-0.39, 0.29) is 11.8 Å². The smallest absolute Gasteiger partial charge is 0.257 e. The minimum Gasteiger partial charge on any atom is -0.320 e. The number of fused-ring (bicyclic) bond motifs is 2. The Hall–Kier alpha value is -2.41. The van der Waals surface area contributed by atoms with E-state index in [0.29, 0.717) is 34.1 Å². The Kier molecular flexibility index (Phi) is 6.90. The van der Waals surface area contributed by atoms with Crippen LogP contribution >= 0.6 is 11.6 Å². The lowest BCUT2D eigenvalue weighted by atomic mass is 10.1. The van der Waals surface area contributed by atoms with Gasteiger partial charge in [0, 0.05) is 5.02 Å². The fourth-order valence-corrected chi connectivity index (χ4v) is 3.76. The monoisotopic (exact) mass is 414 g/mol. The Bertz CT molecular complexity index is 898. The van der Waals surface area contributed by atoms with Crippen LogP contribution in [-0.2, 0) is 4.79 Å². The molecule has 0 saturated heterocycles. The van der Waals surface area contributed by atoms with Gasteiger partial charge in [-0.05, 0) is 62.8 Å². The van der Waals surface area contributed by atoms with E-state index in [1.165, 1.54) is 0 Å². The maximum atomic E-state index is 13.4. The molecule has 2 aromatic carbocycles. The summed E-state index contributed by atoms with van der Waals surface area (Å²) >= 11 is 6.12. The summed E-state index contributed by atoms with van der Waals surface area (Å²) in [6.45, 7) is 7.09. The minimum atomic E-state index is -0.671. The molecule has 0 spiro atoms. The van der Waals surface area contributed by atoms with Crippen molar-refractivity contribution in [1.29, 1.82) is 0 Å². The van der Waals surface area contributed by atoms with E-state index in [4.69, 9.17) is 17.3 Å². The summed E-state index contributed by atoms with van der Waals surface area (Å²) in [5.74, 6) is -0.522. The van der Waals surface area contributed by atoms with Gasteiger partial charge in [-0.3, -0.25) is 14.5 Å². The minimum absolute atomic E-state index is 0.239. The van der Waals surface area contributed by atoms with E-state index < -0.39 is 6.04 Å². The van der Waals surface area contributed by atoms with Crippen LogP contribution in [0, 0.1) is 0 Å². The standard InChI is InChI=1S/C22H27ClN4O2/c1-3-26(4-2)13-7-9-17(24)22(29)27-19-10-6-5-8-16(19)21(28)25-18-14-15(23)11-12-20(18)27/h5-6,8,10-12,14,17H,3-4,7,9,13,24H2,1-2H3,(H,25,28). The number of carbonyl (C=O) groups excluding carboxylic acids is 2. The van der Waals surface area contributed by atoms with Crippen molar-refractivity contribution in [1.82, 2.24) is 4.90 Å². The first-order valence-electron chi connectivity index (χ1n) is 9.98. The van der Waals surface area contributed by atoms with Crippen LogP contribution in [0.25, 0.3) is 0 Å². The number of hydrogen-bond donors (Lipinski definition) is 2. The normalized spacial score (nSPS) is 14.1. The first-order valence-corrected chi connectivity index (χ1v) is 10.4. The van der Waals surface area contributed by atoms with E-state index in [1.54, 1.807) is 47.4 Å². The molecule has 0 radical (unpaired) electrons. The molecule has 1 heterocycles. The molecule has 29 heavy (non-hydrogen) atoms. The number of nitrogens with zero attached hydrogens (tertiary/aromatic N) is 2. The van der Waals surface area contributed by atoms with Crippen LogP contribution in [0.4, 0.5) is 17.1 Å². The zero-order chi connectivity index (χ0) is 21.0. The number of nitrogens with two attached hydrogens (primary N) is 1. The first-order chi connectivity index (χ1) is 14.0. The van der Waals surface area contributed by atoms with Crippen LogP contribution < -0.4 is 16.0 Å². The molecule has 0 aliphatic carbocycles. The number of anilines is 3. The summed E-state index contributed by atoms with van der Waals surface area (Å²) in [7, 11) is 0. The van der Waals surface area contributed by atoms with Crippen LogP contribution in [-0.4, -0.2) is 42.4 Å². The third kappa shape index (κ3) is 4.61. The number of benzene rings is 2. The second-order valence-electron chi connectivity index (χ2n) is 7.08. The maximum absolute atomic E-state index is 13.4. The van der Waals surface area contributed by atoms with Gasteiger partial charge in [-0.15, -0.1) is 0 Å². The summed E-state index contributed by atoms with van der Waals surface area (Å²) in [6, 6.07) is 11.5. The lowest BCUT2D eigenvalue weighted by molar-refractivity contribution is -0.119. The van der Waals surface area contributed by atoms with Crippen molar-refractivity contribution in [3.8, 4) is 0 Å². The van der Waals surface area contributed by atoms with Gasteiger partial charge < -0.3 is 16.0 Å². The van der Waals surface area contributed by atoms with Crippen molar-refractivity contribution in [2.75, 3.05) is 29.9 Å². The van der Waals surface area contributed by atoms with Gasteiger partial charge >= 0.3 is 0 Å². The predicted molar refractivity (Wildman–Crippen MR) is 118 cm³/mol. The summed E-state index contributed by atoms with van der Waals surface area (Å²) in [5.41, 5.74) is 8.30. The van der Waals surface area contributed by atoms with Gasteiger partial charge in [-0.2, -0.15) is 0 Å². The van der Waals surface area contributed by atoms with E-state index in [9.17, 15) is 9.59 Å². The van der Waals surface area contributed by atoms with Crippen LogP contribution in [0.2, 0.25) is 5.02 Å². The lowest BCUT2D eigenvalue weighted by Gasteiger charge is -2.27. The maximum Gasteiger partial charge on any atom is 0.257 e. The fraction of sp³-hybridized carbons (Fsp3) is 0.364. The van der Waals surface area contributed by atoms with Crippen molar-refractivity contribution < 1.29 is 9.59 Å². The highest BCUT2D eigenvalue weighted by atomic mass is 35.5. The molecule has 2 aromatic rings. The summed E-state index contributed by atoms with van der Waals surface area (Å²) in [6.07, 6.45) is 1.40. The average Bonchev–Trinajstić information content (AvgIpc) is 2.84. The average molecular weight is 415 g/mol. The molecule has 6 nitrogen and oxygen atoms in total. The van der Waals surface area contributed by atoms with Crippen molar-refractivity contribution in [2.24, 2.45) is 5.73 Å². The Morgan fingerprint density at radius 1 is 1.17 bits per heavy atom. The van der Waals surface area contributed by atoms with Crippen molar-refractivity contribution >= 4 is 40.5 Å². The second kappa shape index (κ2) is 9.39. The Morgan fingerprint density at radius 2 is 1.90 bits per heavy atom. The summed E-state index contributed by atoms with van der Waals surface area (Å²) in [5, 5.41) is 3.33. The Balaban J connectivity index is 1.91. The molecule has 7 heteroatoms. The van der Waals surface area contributed by atoms with Gasteiger partial charge in [0.2, 0.25) is 5.91 Å². The number of carbonyl (C=O) groups is 2. The Morgan fingerprint density at radius 3 is 2.62 bits per heavy atom. The molecule has 1 unspecified atom stereocenters.